The van der Waals surface area contributed by atoms with Gasteiger partial charge in [-0.25, -0.2) is 4.79 Å². The minimum Gasteiger partial charge on any atom is -0.477 e. The summed E-state index contributed by atoms with van der Waals surface area (Å²) in [6.07, 6.45) is 2.89. The summed E-state index contributed by atoms with van der Waals surface area (Å²) in [6.45, 7) is 0. The number of hydrogen-bond acceptors (Lipinski definition) is 3. The van der Waals surface area contributed by atoms with Crippen molar-refractivity contribution in [1.29, 1.82) is 0 Å². The van der Waals surface area contributed by atoms with E-state index in [1.54, 1.807) is 31.1 Å². The second kappa shape index (κ2) is 5.61. The summed E-state index contributed by atoms with van der Waals surface area (Å²) in [5.41, 5.74) is 2.57. The normalized spacial score (nSPS) is 12.5. The van der Waals surface area contributed by atoms with Crippen LogP contribution >= 0.6 is 0 Å². The number of benzene rings is 1. The van der Waals surface area contributed by atoms with Crippen molar-refractivity contribution in [1.82, 2.24) is 9.55 Å². The molecule has 3 rings (SSSR count). The highest BCUT2D eigenvalue weighted by molar-refractivity contribution is 5.98. The number of hydrogen-bond donors (Lipinski definition) is 1. The van der Waals surface area contributed by atoms with Gasteiger partial charge in [0.2, 0.25) is 0 Å². The van der Waals surface area contributed by atoms with Crippen molar-refractivity contribution in [3.63, 3.8) is 0 Å². The van der Waals surface area contributed by atoms with E-state index in [-0.39, 0.29) is 5.69 Å². The number of ether oxygens (including phenoxy) is 1. The Morgan fingerprint density at radius 3 is 2.68 bits per heavy atom. The van der Waals surface area contributed by atoms with Crippen molar-refractivity contribution in [2.24, 2.45) is 7.05 Å². The number of fused-ring (bicyclic) bond motifs is 1. The first-order chi connectivity index (χ1) is 10.6. The van der Waals surface area contributed by atoms with Gasteiger partial charge in [-0.2, -0.15) is 0 Å². The van der Waals surface area contributed by atoms with Gasteiger partial charge in [0.05, 0.1) is 0 Å². The first kappa shape index (κ1) is 14.3. The van der Waals surface area contributed by atoms with E-state index >= 15 is 0 Å². The van der Waals surface area contributed by atoms with E-state index in [0.717, 1.165) is 16.5 Å². The third-order valence-electron chi connectivity index (χ3n) is 3.83. The number of carboxylic acid groups (broad SMARTS) is 1. The van der Waals surface area contributed by atoms with Gasteiger partial charge in [-0.3, -0.25) is 4.98 Å². The molecule has 0 aliphatic carbocycles. The number of rotatable bonds is 4. The molecule has 0 bridgehead atoms. The van der Waals surface area contributed by atoms with E-state index in [1.807, 2.05) is 36.4 Å². The van der Waals surface area contributed by atoms with Gasteiger partial charge < -0.3 is 14.4 Å². The molecule has 0 spiro atoms. The van der Waals surface area contributed by atoms with Gasteiger partial charge in [0.25, 0.3) is 0 Å². The molecule has 0 radical (unpaired) electrons. The Balaban J connectivity index is 2.33. The van der Waals surface area contributed by atoms with Crippen LogP contribution in [-0.2, 0) is 11.8 Å². The molecule has 1 N–H and O–H groups in total. The fourth-order valence-electron chi connectivity index (χ4n) is 2.90. The maximum atomic E-state index is 11.8. The van der Waals surface area contributed by atoms with Crippen molar-refractivity contribution in [3.8, 4) is 0 Å². The van der Waals surface area contributed by atoms with Crippen LogP contribution in [0.15, 0.2) is 48.8 Å². The third kappa shape index (κ3) is 2.16. The lowest BCUT2D eigenvalue weighted by Gasteiger charge is -2.16. The molecule has 0 saturated carbocycles. The smallest absolute Gasteiger partial charge is 0.352 e. The molecule has 2 aromatic heterocycles. The molecule has 5 heteroatoms. The molecule has 1 aromatic carbocycles. The molecule has 5 nitrogen and oxygen atoms in total. The number of aromatic nitrogens is 2. The average Bonchev–Trinajstić information content (AvgIpc) is 2.83. The fraction of sp³-hybridized carbons (Fsp3) is 0.176. The quantitative estimate of drug-likeness (QED) is 0.804. The maximum Gasteiger partial charge on any atom is 0.352 e. The average molecular weight is 296 g/mol. The number of aromatic carboxylic acids is 1. The van der Waals surface area contributed by atoms with E-state index < -0.39 is 12.1 Å². The lowest BCUT2D eigenvalue weighted by Crippen LogP contribution is -2.12. The lowest BCUT2D eigenvalue weighted by molar-refractivity contribution is 0.0677. The second-order valence-electron chi connectivity index (χ2n) is 5.05. The molecule has 1 unspecified atom stereocenters. The highest BCUT2D eigenvalue weighted by atomic mass is 16.5. The molecule has 0 amide bonds. The van der Waals surface area contributed by atoms with Crippen molar-refractivity contribution in [3.05, 3.63) is 65.6 Å². The monoisotopic (exact) mass is 296 g/mol. The topological polar surface area (TPSA) is 64.3 Å². The van der Waals surface area contributed by atoms with E-state index in [0.29, 0.717) is 5.56 Å². The van der Waals surface area contributed by atoms with Crippen molar-refractivity contribution >= 4 is 16.9 Å². The molecule has 0 saturated heterocycles. The van der Waals surface area contributed by atoms with Gasteiger partial charge in [-0.05, 0) is 12.1 Å². The summed E-state index contributed by atoms with van der Waals surface area (Å²) in [4.78, 5) is 15.9. The summed E-state index contributed by atoms with van der Waals surface area (Å²) in [5.74, 6) is -0.973. The van der Waals surface area contributed by atoms with Gasteiger partial charge in [0.15, 0.2) is 0 Å². The number of carbonyl (C=O) groups is 1. The molecule has 3 aromatic rings. The van der Waals surface area contributed by atoms with E-state index in [2.05, 4.69) is 4.98 Å². The highest BCUT2D eigenvalue weighted by Crippen LogP contribution is 2.35. The zero-order chi connectivity index (χ0) is 15.7. The molecule has 0 aliphatic heterocycles. The standard InChI is InChI=1S/C17H16N2O3/c1-19-13-8-4-3-7-12(13)14(15(19)17(20)21)16(22-2)11-6-5-9-18-10-11/h3-10,16H,1-2H3,(H,20,21). The largest absolute Gasteiger partial charge is 0.477 e. The van der Waals surface area contributed by atoms with Gasteiger partial charge in [-0.15, -0.1) is 0 Å². The number of nitrogens with zero attached hydrogens (tertiary/aromatic N) is 2. The van der Waals surface area contributed by atoms with Crippen molar-refractivity contribution in [2.45, 2.75) is 6.10 Å². The predicted molar refractivity (Wildman–Crippen MR) is 83.0 cm³/mol. The Labute approximate surface area is 127 Å². The summed E-state index contributed by atoms with van der Waals surface area (Å²) < 4.78 is 7.31. The lowest BCUT2D eigenvalue weighted by atomic mass is 9.99. The maximum absolute atomic E-state index is 11.8. The highest BCUT2D eigenvalue weighted by Gasteiger charge is 2.27. The Morgan fingerprint density at radius 1 is 1.27 bits per heavy atom. The molecular weight excluding hydrogens is 280 g/mol. The number of aryl methyl sites for hydroxylation is 1. The van der Waals surface area contributed by atoms with Gasteiger partial charge >= 0.3 is 5.97 Å². The summed E-state index contributed by atoms with van der Waals surface area (Å²) >= 11 is 0. The molecule has 0 fully saturated rings. The summed E-state index contributed by atoms with van der Waals surface area (Å²) in [6, 6.07) is 11.3. The Kier molecular flexibility index (Phi) is 3.65. The van der Waals surface area contributed by atoms with E-state index in [4.69, 9.17) is 4.74 Å². The van der Waals surface area contributed by atoms with Gasteiger partial charge in [0.1, 0.15) is 11.8 Å². The summed E-state index contributed by atoms with van der Waals surface area (Å²) in [5, 5.41) is 10.5. The first-order valence-electron chi connectivity index (χ1n) is 6.88. The molecule has 1 atom stereocenters. The zero-order valence-electron chi connectivity index (χ0n) is 12.4. The van der Waals surface area contributed by atoms with Crippen LogP contribution in [0.2, 0.25) is 0 Å². The van der Waals surface area contributed by atoms with Crippen LogP contribution in [0.25, 0.3) is 10.9 Å². The number of para-hydroxylation sites is 1. The van der Waals surface area contributed by atoms with Crippen molar-refractivity contribution < 1.29 is 14.6 Å². The molecule has 2 heterocycles. The Hall–Kier alpha value is -2.66. The number of carboxylic acids is 1. The van der Waals surface area contributed by atoms with Crippen LogP contribution in [0.4, 0.5) is 0 Å². The van der Waals surface area contributed by atoms with E-state index in [9.17, 15) is 9.90 Å². The zero-order valence-corrected chi connectivity index (χ0v) is 12.4. The van der Waals surface area contributed by atoms with Crippen LogP contribution in [-0.4, -0.2) is 27.7 Å². The summed E-state index contributed by atoms with van der Waals surface area (Å²) in [7, 11) is 3.33. The molecule has 0 aliphatic rings. The second-order valence-corrected chi connectivity index (χ2v) is 5.05. The molecule has 22 heavy (non-hydrogen) atoms. The predicted octanol–water partition coefficient (Wildman–Crippen LogP) is 3.01. The molecular formula is C17H16N2O3. The Bertz CT molecular complexity index is 825. The van der Waals surface area contributed by atoms with Crippen LogP contribution < -0.4 is 0 Å². The van der Waals surface area contributed by atoms with Crippen LogP contribution in [0.5, 0.6) is 0 Å². The van der Waals surface area contributed by atoms with Crippen LogP contribution in [0.1, 0.15) is 27.7 Å². The van der Waals surface area contributed by atoms with Crippen LogP contribution in [0.3, 0.4) is 0 Å². The Morgan fingerprint density at radius 2 is 2.05 bits per heavy atom. The molecule has 112 valence electrons. The van der Waals surface area contributed by atoms with Gasteiger partial charge in [0, 0.05) is 48.6 Å². The minimum absolute atomic E-state index is 0.233. The number of methoxy groups -OCH3 is 1. The van der Waals surface area contributed by atoms with E-state index in [1.165, 1.54) is 0 Å². The first-order valence-corrected chi connectivity index (χ1v) is 6.88. The van der Waals surface area contributed by atoms with Crippen molar-refractivity contribution in [2.75, 3.05) is 7.11 Å². The fourth-order valence-corrected chi connectivity index (χ4v) is 2.90. The SMILES string of the molecule is COC(c1cccnc1)c1c(C(=O)O)n(C)c2ccccc12. The minimum atomic E-state index is -0.973. The third-order valence-corrected chi connectivity index (χ3v) is 3.83. The number of pyridine rings is 1. The van der Waals surface area contributed by atoms with Crippen LogP contribution in [0, 0.1) is 0 Å². The van der Waals surface area contributed by atoms with Gasteiger partial charge in [-0.1, -0.05) is 24.3 Å².